The predicted octanol–water partition coefficient (Wildman–Crippen LogP) is 2.27. The second-order valence-electron chi connectivity index (χ2n) is 5.24. The fourth-order valence-corrected chi connectivity index (χ4v) is 2.57. The number of hydrogen-bond acceptors (Lipinski definition) is 3. The molecule has 1 rings (SSSR count). The molecule has 0 radical (unpaired) electrons. The van der Waals surface area contributed by atoms with Crippen molar-refractivity contribution in [2.24, 2.45) is 0 Å². The lowest BCUT2D eigenvalue weighted by molar-refractivity contribution is 0.0158. The molecule has 2 unspecified atom stereocenters. The van der Waals surface area contributed by atoms with Gasteiger partial charge in [-0.3, -0.25) is 4.90 Å². The van der Waals surface area contributed by atoms with Crippen LogP contribution in [0.15, 0.2) is 0 Å². The summed E-state index contributed by atoms with van der Waals surface area (Å²) in [5.41, 5.74) is 0. The van der Waals surface area contributed by atoms with Crippen molar-refractivity contribution in [2.75, 3.05) is 33.3 Å². The lowest BCUT2D eigenvalue weighted by Crippen LogP contribution is -2.44. The molecule has 0 bridgehead atoms. The van der Waals surface area contributed by atoms with E-state index >= 15 is 0 Å². The summed E-state index contributed by atoms with van der Waals surface area (Å²) < 4.78 is 5.48. The molecule has 3 heteroatoms. The van der Waals surface area contributed by atoms with E-state index in [-0.39, 0.29) is 0 Å². The van der Waals surface area contributed by atoms with Gasteiger partial charge in [-0.15, -0.1) is 0 Å². The average Bonchev–Trinajstić information content (AvgIpc) is 2.38. The van der Waals surface area contributed by atoms with Crippen LogP contribution in [-0.2, 0) is 4.74 Å². The Bertz CT molecular complexity index is 187. The fourth-order valence-electron chi connectivity index (χ4n) is 2.57. The molecule has 1 saturated heterocycles. The van der Waals surface area contributed by atoms with Crippen molar-refractivity contribution in [1.82, 2.24) is 10.2 Å². The summed E-state index contributed by atoms with van der Waals surface area (Å²) in [6, 6.07) is 0.705. The summed E-state index contributed by atoms with van der Waals surface area (Å²) in [7, 11) is 1.84. The van der Waals surface area contributed by atoms with Gasteiger partial charge < -0.3 is 10.1 Å². The minimum absolute atomic E-state index is 0.462. The molecule has 2 atom stereocenters. The van der Waals surface area contributed by atoms with Gasteiger partial charge in [-0.1, -0.05) is 6.92 Å². The summed E-state index contributed by atoms with van der Waals surface area (Å²) in [5, 5.41) is 3.47. The van der Waals surface area contributed by atoms with Crippen molar-refractivity contribution < 1.29 is 4.74 Å². The van der Waals surface area contributed by atoms with Gasteiger partial charge in [-0.25, -0.2) is 0 Å². The molecule has 0 aromatic heterocycles. The Morgan fingerprint density at radius 3 is 2.94 bits per heavy atom. The van der Waals surface area contributed by atoms with Crippen LogP contribution in [0.3, 0.4) is 0 Å². The summed E-state index contributed by atoms with van der Waals surface area (Å²) in [5.74, 6) is 0. The van der Waals surface area contributed by atoms with Crippen LogP contribution >= 0.6 is 0 Å². The van der Waals surface area contributed by atoms with Gasteiger partial charge in [0.15, 0.2) is 0 Å². The van der Waals surface area contributed by atoms with E-state index in [1.54, 1.807) is 0 Å². The Labute approximate surface area is 107 Å². The standard InChI is InChI=1S/C14H30N2O/c1-4-9-15-10-5-7-13(2)16-11-6-8-14(12-16)17-3/h13-15H,4-12H2,1-3H3. The van der Waals surface area contributed by atoms with Crippen LogP contribution in [0, 0.1) is 0 Å². The molecule has 0 aliphatic carbocycles. The number of hydrogen-bond donors (Lipinski definition) is 1. The molecule has 0 aromatic rings. The summed E-state index contributed by atoms with van der Waals surface area (Å²) in [6.45, 7) is 9.28. The van der Waals surface area contributed by atoms with Gasteiger partial charge in [0.1, 0.15) is 0 Å². The number of ether oxygens (including phenoxy) is 1. The first-order valence-electron chi connectivity index (χ1n) is 7.25. The molecule has 0 spiro atoms. The van der Waals surface area contributed by atoms with Gasteiger partial charge in [-0.05, 0) is 58.7 Å². The van der Waals surface area contributed by atoms with Crippen molar-refractivity contribution in [3.63, 3.8) is 0 Å². The summed E-state index contributed by atoms with van der Waals surface area (Å²) in [6.07, 6.45) is 6.80. The SMILES string of the molecule is CCCNCCCC(C)N1CCCC(OC)C1. The van der Waals surface area contributed by atoms with Gasteiger partial charge in [0.25, 0.3) is 0 Å². The highest BCUT2D eigenvalue weighted by Gasteiger charge is 2.22. The summed E-state index contributed by atoms with van der Waals surface area (Å²) >= 11 is 0. The number of likely N-dealkylation sites (tertiary alicyclic amines) is 1. The number of nitrogens with one attached hydrogen (secondary N) is 1. The minimum atomic E-state index is 0.462. The van der Waals surface area contributed by atoms with E-state index in [2.05, 4.69) is 24.1 Å². The fraction of sp³-hybridized carbons (Fsp3) is 1.00. The second kappa shape index (κ2) is 8.90. The van der Waals surface area contributed by atoms with Crippen molar-refractivity contribution in [3.8, 4) is 0 Å². The molecule has 0 aromatic carbocycles. The summed E-state index contributed by atoms with van der Waals surface area (Å²) in [4.78, 5) is 2.59. The zero-order valence-corrected chi connectivity index (χ0v) is 11.9. The van der Waals surface area contributed by atoms with Crippen LogP contribution in [0.4, 0.5) is 0 Å². The molecule has 102 valence electrons. The lowest BCUT2D eigenvalue weighted by Gasteiger charge is -2.36. The molecule has 3 nitrogen and oxygen atoms in total. The smallest absolute Gasteiger partial charge is 0.0698 e. The van der Waals surface area contributed by atoms with Gasteiger partial charge in [0, 0.05) is 19.7 Å². The third kappa shape index (κ3) is 5.84. The maximum Gasteiger partial charge on any atom is 0.0698 e. The highest BCUT2D eigenvalue weighted by molar-refractivity contribution is 4.77. The minimum Gasteiger partial charge on any atom is -0.380 e. The molecular formula is C14H30N2O. The molecule has 1 heterocycles. The molecule has 1 fully saturated rings. The van der Waals surface area contributed by atoms with E-state index in [0.29, 0.717) is 12.1 Å². The van der Waals surface area contributed by atoms with Crippen molar-refractivity contribution in [2.45, 2.75) is 58.1 Å². The molecule has 1 aliphatic rings. The quantitative estimate of drug-likeness (QED) is 0.661. The van der Waals surface area contributed by atoms with Crippen LogP contribution in [0.5, 0.6) is 0 Å². The Balaban J connectivity index is 2.11. The topological polar surface area (TPSA) is 24.5 Å². The van der Waals surface area contributed by atoms with E-state index in [9.17, 15) is 0 Å². The Morgan fingerprint density at radius 2 is 2.24 bits per heavy atom. The maximum atomic E-state index is 5.48. The second-order valence-corrected chi connectivity index (χ2v) is 5.24. The highest BCUT2D eigenvalue weighted by atomic mass is 16.5. The lowest BCUT2D eigenvalue weighted by atomic mass is 10.0. The van der Waals surface area contributed by atoms with Crippen LogP contribution in [-0.4, -0.2) is 50.3 Å². The highest BCUT2D eigenvalue weighted by Crippen LogP contribution is 2.17. The molecule has 0 saturated carbocycles. The molecular weight excluding hydrogens is 212 g/mol. The third-order valence-corrected chi connectivity index (χ3v) is 3.77. The molecule has 1 aliphatic heterocycles. The Kier molecular flexibility index (Phi) is 7.82. The van der Waals surface area contributed by atoms with Crippen LogP contribution in [0.1, 0.15) is 46.0 Å². The number of piperidine rings is 1. The zero-order valence-electron chi connectivity index (χ0n) is 11.9. The molecule has 17 heavy (non-hydrogen) atoms. The molecule has 1 N–H and O–H groups in total. The monoisotopic (exact) mass is 242 g/mol. The van der Waals surface area contributed by atoms with E-state index in [1.165, 1.54) is 45.2 Å². The van der Waals surface area contributed by atoms with Crippen molar-refractivity contribution in [1.29, 1.82) is 0 Å². The first-order valence-corrected chi connectivity index (χ1v) is 7.25. The van der Waals surface area contributed by atoms with E-state index in [4.69, 9.17) is 4.74 Å². The number of nitrogens with zero attached hydrogens (tertiary/aromatic N) is 1. The van der Waals surface area contributed by atoms with Gasteiger partial charge in [-0.2, -0.15) is 0 Å². The van der Waals surface area contributed by atoms with E-state index in [0.717, 1.165) is 13.1 Å². The van der Waals surface area contributed by atoms with E-state index < -0.39 is 0 Å². The normalized spacial score (nSPS) is 23.8. The van der Waals surface area contributed by atoms with Crippen LogP contribution in [0.25, 0.3) is 0 Å². The van der Waals surface area contributed by atoms with Crippen molar-refractivity contribution >= 4 is 0 Å². The number of methoxy groups -OCH3 is 1. The van der Waals surface area contributed by atoms with Crippen molar-refractivity contribution in [3.05, 3.63) is 0 Å². The first kappa shape index (κ1) is 14.9. The largest absolute Gasteiger partial charge is 0.380 e. The van der Waals surface area contributed by atoms with Crippen LogP contribution < -0.4 is 5.32 Å². The first-order chi connectivity index (χ1) is 8.27. The zero-order chi connectivity index (χ0) is 12.5. The van der Waals surface area contributed by atoms with Gasteiger partial charge in [0.05, 0.1) is 6.10 Å². The predicted molar refractivity (Wildman–Crippen MR) is 73.5 cm³/mol. The van der Waals surface area contributed by atoms with E-state index in [1.807, 2.05) is 7.11 Å². The molecule has 0 amide bonds. The number of rotatable bonds is 8. The third-order valence-electron chi connectivity index (χ3n) is 3.77. The maximum absolute atomic E-state index is 5.48. The van der Waals surface area contributed by atoms with Crippen LogP contribution in [0.2, 0.25) is 0 Å². The van der Waals surface area contributed by atoms with Gasteiger partial charge in [0.2, 0.25) is 0 Å². The average molecular weight is 242 g/mol. The Hall–Kier alpha value is -0.120. The van der Waals surface area contributed by atoms with Gasteiger partial charge >= 0.3 is 0 Å². The Morgan fingerprint density at radius 1 is 1.41 bits per heavy atom.